The van der Waals surface area contributed by atoms with E-state index in [4.69, 9.17) is 21.1 Å². The average Bonchev–Trinajstić information content (AvgIpc) is 2.70. The van der Waals surface area contributed by atoms with E-state index in [9.17, 15) is 4.79 Å². The molecule has 1 aliphatic heterocycles. The topological polar surface area (TPSA) is 97.4 Å². The number of carbonyl (C=O) groups excluding carboxylic acids is 1. The lowest BCUT2D eigenvalue weighted by atomic mass is 10.2. The van der Waals surface area contributed by atoms with Crippen LogP contribution >= 0.6 is 23.4 Å². The van der Waals surface area contributed by atoms with E-state index >= 15 is 0 Å². The van der Waals surface area contributed by atoms with Crippen LogP contribution in [0.15, 0.2) is 29.4 Å². The van der Waals surface area contributed by atoms with Gasteiger partial charge in [-0.1, -0.05) is 11.6 Å². The number of thioether (sulfide) groups is 1. The standard InChI is InChI=1S/C18H22ClN5O3S/c1-11-7-22-17(9-21-11)24-18(25)23-14-5-13(19)16(28-2)6-15(14)27-10-12-8-20-3-4-26-12/h5-7,9,12,20H,3-4,8,10H2,1-2H3,(H2,22,23,24,25)/t12-/m0/s1. The molecule has 0 saturated carbocycles. The van der Waals surface area contributed by atoms with Crippen molar-refractivity contribution in [1.29, 1.82) is 0 Å². The molecular formula is C18H22ClN5O3S. The Bertz CT molecular complexity index is 816. The normalized spacial score (nSPS) is 16.5. The number of ether oxygens (including phenoxy) is 2. The van der Waals surface area contributed by atoms with Crippen molar-refractivity contribution in [3.8, 4) is 5.75 Å². The van der Waals surface area contributed by atoms with E-state index < -0.39 is 6.03 Å². The van der Waals surface area contributed by atoms with E-state index in [2.05, 4.69) is 25.9 Å². The molecule has 150 valence electrons. The van der Waals surface area contributed by atoms with E-state index in [1.54, 1.807) is 12.3 Å². The van der Waals surface area contributed by atoms with Crippen molar-refractivity contribution in [2.45, 2.75) is 17.9 Å². The highest BCUT2D eigenvalue weighted by Crippen LogP contribution is 2.36. The Kier molecular flexibility index (Phi) is 7.32. The molecule has 1 fully saturated rings. The Morgan fingerprint density at radius 3 is 2.93 bits per heavy atom. The summed E-state index contributed by atoms with van der Waals surface area (Å²) in [6.45, 7) is 4.39. The molecule has 2 aromatic rings. The summed E-state index contributed by atoms with van der Waals surface area (Å²) >= 11 is 7.81. The second-order valence-corrected chi connectivity index (χ2v) is 7.37. The molecule has 1 aromatic heterocycles. The number of halogens is 1. The lowest BCUT2D eigenvalue weighted by Crippen LogP contribution is -2.41. The van der Waals surface area contributed by atoms with Crippen molar-refractivity contribution in [3.63, 3.8) is 0 Å². The van der Waals surface area contributed by atoms with E-state index in [-0.39, 0.29) is 6.10 Å². The first kappa shape index (κ1) is 20.7. The van der Waals surface area contributed by atoms with Crippen molar-refractivity contribution in [2.75, 3.05) is 43.2 Å². The average molecular weight is 424 g/mol. The number of urea groups is 1. The minimum Gasteiger partial charge on any atom is -0.489 e. The second kappa shape index (κ2) is 9.92. The highest BCUT2D eigenvalue weighted by atomic mass is 35.5. The molecule has 0 aliphatic carbocycles. The van der Waals surface area contributed by atoms with Gasteiger partial charge in [0.05, 0.1) is 35.4 Å². The molecule has 2 heterocycles. The van der Waals surface area contributed by atoms with Crippen LogP contribution in [0.1, 0.15) is 5.69 Å². The first-order valence-electron chi connectivity index (χ1n) is 8.74. The van der Waals surface area contributed by atoms with Gasteiger partial charge in [-0.15, -0.1) is 11.8 Å². The third-order valence-corrected chi connectivity index (χ3v) is 5.16. The Morgan fingerprint density at radius 1 is 1.39 bits per heavy atom. The summed E-state index contributed by atoms with van der Waals surface area (Å²) in [4.78, 5) is 21.4. The molecule has 1 atom stereocenters. The summed E-state index contributed by atoms with van der Waals surface area (Å²) in [5, 5.41) is 9.18. The van der Waals surface area contributed by atoms with Crippen LogP contribution in [0.4, 0.5) is 16.3 Å². The second-order valence-electron chi connectivity index (χ2n) is 6.11. The van der Waals surface area contributed by atoms with Crippen LogP contribution in [0.2, 0.25) is 5.02 Å². The summed E-state index contributed by atoms with van der Waals surface area (Å²) in [5.74, 6) is 0.868. The Balaban J connectivity index is 1.71. The van der Waals surface area contributed by atoms with Gasteiger partial charge in [-0.25, -0.2) is 9.78 Å². The fourth-order valence-electron chi connectivity index (χ4n) is 2.54. The van der Waals surface area contributed by atoms with Gasteiger partial charge in [0.1, 0.15) is 18.5 Å². The number of benzene rings is 1. The molecule has 1 saturated heterocycles. The van der Waals surface area contributed by atoms with Crippen molar-refractivity contribution in [1.82, 2.24) is 15.3 Å². The highest BCUT2D eigenvalue weighted by molar-refractivity contribution is 7.98. The van der Waals surface area contributed by atoms with Gasteiger partial charge in [-0.05, 0) is 25.3 Å². The first-order chi connectivity index (χ1) is 13.5. The number of nitrogens with one attached hydrogen (secondary N) is 3. The first-order valence-corrected chi connectivity index (χ1v) is 10.3. The zero-order valence-electron chi connectivity index (χ0n) is 15.6. The van der Waals surface area contributed by atoms with Crippen LogP contribution in [0.5, 0.6) is 5.75 Å². The fourth-order valence-corrected chi connectivity index (χ4v) is 3.42. The van der Waals surface area contributed by atoms with Crippen LogP contribution in [0, 0.1) is 6.92 Å². The summed E-state index contributed by atoms with van der Waals surface area (Å²) in [6.07, 6.45) is 4.94. The molecule has 1 aliphatic rings. The number of hydrogen-bond donors (Lipinski definition) is 3. The van der Waals surface area contributed by atoms with Gasteiger partial charge in [0.2, 0.25) is 0 Å². The lowest BCUT2D eigenvalue weighted by molar-refractivity contribution is 0.000311. The number of nitrogens with zero attached hydrogens (tertiary/aromatic N) is 2. The van der Waals surface area contributed by atoms with Gasteiger partial charge >= 0.3 is 6.03 Å². The molecule has 3 rings (SSSR count). The number of aryl methyl sites for hydroxylation is 1. The maximum Gasteiger partial charge on any atom is 0.325 e. The number of hydrogen-bond acceptors (Lipinski definition) is 7. The van der Waals surface area contributed by atoms with Gasteiger partial charge in [0.15, 0.2) is 5.82 Å². The fraction of sp³-hybridized carbons (Fsp3) is 0.389. The predicted octanol–water partition coefficient (Wildman–Crippen LogP) is 3.17. The number of morpholine rings is 1. The van der Waals surface area contributed by atoms with Gasteiger partial charge in [0, 0.05) is 18.0 Å². The number of aromatic nitrogens is 2. The summed E-state index contributed by atoms with van der Waals surface area (Å²) in [6, 6.07) is 3.01. The SMILES string of the molecule is CSc1cc(OC[C@@H]2CNCCO2)c(NC(=O)Nc2cnc(C)cn2)cc1Cl. The Labute approximate surface area is 172 Å². The lowest BCUT2D eigenvalue weighted by Gasteiger charge is -2.24. The highest BCUT2D eigenvalue weighted by Gasteiger charge is 2.17. The third kappa shape index (κ3) is 5.71. The maximum atomic E-state index is 12.4. The van der Waals surface area contributed by atoms with Crippen molar-refractivity contribution >= 4 is 40.9 Å². The maximum absolute atomic E-state index is 12.4. The zero-order valence-corrected chi connectivity index (χ0v) is 17.2. The van der Waals surface area contributed by atoms with Crippen LogP contribution in [0.3, 0.4) is 0 Å². The number of anilines is 2. The number of rotatable bonds is 6. The minimum absolute atomic E-state index is 0.0494. The van der Waals surface area contributed by atoms with Gasteiger partial charge in [-0.3, -0.25) is 10.3 Å². The van der Waals surface area contributed by atoms with Crippen molar-refractivity contribution < 1.29 is 14.3 Å². The Hall–Kier alpha value is -2.07. The molecule has 0 radical (unpaired) electrons. The molecule has 1 aromatic carbocycles. The molecule has 28 heavy (non-hydrogen) atoms. The van der Waals surface area contributed by atoms with Crippen LogP contribution in [-0.2, 0) is 4.74 Å². The molecule has 2 amide bonds. The molecular weight excluding hydrogens is 402 g/mol. The summed E-state index contributed by atoms with van der Waals surface area (Å²) < 4.78 is 11.6. The monoisotopic (exact) mass is 423 g/mol. The van der Waals surface area contributed by atoms with Crippen molar-refractivity contribution in [3.05, 3.63) is 35.2 Å². The van der Waals surface area contributed by atoms with Crippen molar-refractivity contribution in [2.24, 2.45) is 0 Å². The van der Waals surface area contributed by atoms with E-state index in [1.807, 2.05) is 19.2 Å². The molecule has 3 N–H and O–H groups in total. The van der Waals surface area contributed by atoms with Crippen LogP contribution < -0.4 is 20.7 Å². The molecule has 0 bridgehead atoms. The van der Waals surface area contributed by atoms with E-state index in [0.29, 0.717) is 35.5 Å². The van der Waals surface area contributed by atoms with Crippen LogP contribution in [-0.4, -0.2) is 54.7 Å². The summed E-state index contributed by atoms with van der Waals surface area (Å²) in [5.41, 5.74) is 1.23. The zero-order chi connectivity index (χ0) is 19.9. The van der Waals surface area contributed by atoms with E-state index in [1.165, 1.54) is 18.0 Å². The number of amides is 2. The molecule has 8 nitrogen and oxygen atoms in total. The smallest absolute Gasteiger partial charge is 0.325 e. The van der Waals surface area contributed by atoms with E-state index in [0.717, 1.165) is 23.7 Å². The van der Waals surface area contributed by atoms with Gasteiger partial charge < -0.3 is 20.1 Å². The number of carbonyl (C=O) groups is 1. The van der Waals surface area contributed by atoms with Gasteiger partial charge in [-0.2, -0.15) is 0 Å². The molecule has 0 unspecified atom stereocenters. The van der Waals surface area contributed by atoms with Crippen LogP contribution in [0.25, 0.3) is 0 Å². The quantitative estimate of drug-likeness (QED) is 0.614. The minimum atomic E-state index is -0.466. The van der Waals surface area contributed by atoms with Gasteiger partial charge in [0.25, 0.3) is 0 Å². The Morgan fingerprint density at radius 2 is 2.25 bits per heavy atom. The largest absolute Gasteiger partial charge is 0.489 e. The molecule has 0 spiro atoms. The third-order valence-electron chi connectivity index (χ3n) is 3.95. The summed E-state index contributed by atoms with van der Waals surface area (Å²) in [7, 11) is 0. The predicted molar refractivity (Wildman–Crippen MR) is 111 cm³/mol. The molecule has 10 heteroatoms.